The van der Waals surface area contributed by atoms with Gasteiger partial charge in [0.05, 0.1) is 11.7 Å². The Hall–Kier alpha value is -3.51. The van der Waals surface area contributed by atoms with Crippen molar-refractivity contribution in [3.05, 3.63) is 115 Å². The number of nitrogens with one attached hydrogen (secondary N) is 1. The highest BCUT2D eigenvalue weighted by molar-refractivity contribution is 7.80. The van der Waals surface area contributed by atoms with Crippen molar-refractivity contribution in [3.8, 4) is 5.69 Å². The first-order chi connectivity index (χ1) is 14.7. The quantitative estimate of drug-likeness (QED) is 0.466. The number of rotatable bonds is 4. The first-order valence-corrected chi connectivity index (χ1v) is 10.1. The Balaban J connectivity index is 1.67. The molecule has 1 saturated heterocycles. The molecule has 0 saturated carbocycles. The molecule has 0 spiro atoms. The van der Waals surface area contributed by atoms with Crippen LogP contribution in [0.25, 0.3) is 5.69 Å². The van der Waals surface area contributed by atoms with Crippen LogP contribution in [0.5, 0.6) is 0 Å². The fourth-order valence-electron chi connectivity index (χ4n) is 4.02. The van der Waals surface area contributed by atoms with Gasteiger partial charge in [0.1, 0.15) is 11.9 Å². The molecule has 2 aromatic heterocycles. The third-order valence-corrected chi connectivity index (χ3v) is 5.62. The third-order valence-electron chi connectivity index (χ3n) is 5.30. The number of anilines is 1. The summed E-state index contributed by atoms with van der Waals surface area (Å²) in [5.41, 5.74) is 3.65. The average Bonchev–Trinajstić information content (AvgIpc) is 3.39. The molecular formula is C24H19FN4S. The molecule has 0 aliphatic carbocycles. The van der Waals surface area contributed by atoms with Gasteiger partial charge in [0.15, 0.2) is 5.11 Å². The predicted octanol–water partition coefficient (Wildman–Crippen LogP) is 5.19. The normalized spacial score (nSPS) is 18.4. The van der Waals surface area contributed by atoms with Crippen molar-refractivity contribution in [1.29, 1.82) is 0 Å². The minimum atomic E-state index is -0.270. The van der Waals surface area contributed by atoms with Crippen LogP contribution in [-0.4, -0.2) is 14.7 Å². The van der Waals surface area contributed by atoms with Gasteiger partial charge in [-0.1, -0.05) is 30.3 Å². The molecule has 0 amide bonds. The Bertz CT molecular complexity index is 1180. The van der Waals surface area contributed by atoms with Crippen LogP contribution in [0.3, 0.4) is 0 Å². The second-order valence-corrected chi connectivity index (χ2v) is 7.50. The number of para-hydroxylation sites is 1. The number of hydrogen-bond acceptors (Lipinski definition) is 2. The fourth-order valence-corrected chi connectivity index (χ4v) is 4.36. The van der Waals surface area contributed by atoms with Crippen molar-refractivity contribution >= 4 is 23.0 Å². The third kappa shape index (κ3) is 3.25. The maximum Gasteiger partial charge on any atom is 0.174 e. The Kier molecular flexibility index (Phi) is 4.77. The van der Waals surface area contributed by atoms with E-state index in [4.69, 9.17) is 12.2 Å². The van der Waals surface area contributed by atoms with Crippen LogP contribution in [0.15, 0.2) is 97.3 Å². The van der Waals surface area contributed by atoms with Gasteiger partial charge in [-0.25, -0.2) is 4.39 Å². The number of pyridine rings is 1. The van der Waals surface area contributed by atoms with E-state index in [0.29, 0.717) is 5.11 Å². The molecule has 1 aliphatic heterocycles. The van der Waals surface area contributed by atoms with E-state index in [2.05, 4.69) is 21.3 Å². The largest absolute Gasteiger partial charge is 0.351 e. The van der Waals surface area contributed by atoms with Crippen molar-refractivity contribution in [2.75, 3.05) is 4.90 Å². The standard InChI is InChI=1S/C24H19FN4S/c25-17-8-6-11-19(16-17)28-15-7-13-21(28)23-22(20-12-4-5-14-26-20)27-24(30)29(23)18-9-2-1-3-10-18/h1-16,22-23H,(H,27,30)/t22-,23-/m1/s1. The lowest BCUT2D eigenvalue weighted by molar-refractivity contribution is 0.549. The van der Waals surface area contributed by atoms with Crippen LogP contribution in [0, 0.1) is 5.82 Å². The van der Waals surface area contributed by atoms with Crippen LogP contribution >= 0.6 is 12.2 Å². The molecular weight excluding hydrogens is 395 g/mol. The van der Waals surface area contributed by atoms with Gasteiger partial charge in [0.2, 0.25) is 0 Å². The van der Waals surface area contributed by atoms with Crippen LogP contribution in [0.4, 0.5) is 10.1 Å². The molecule has 4 aromatic rings. The van der Waals surface area contributed by atoms with E-state index in [1.54, 1.807) is 12.3 Å². The van der Waals surface area contributed by atoms with Crippen molar-refractivity contribution < 1.29 is 4.39 Å². The Labute approximate surface area is 179 Å². The Morgan fingerprint density at radius 2 is 1.67 bits per heavy atom. The number of aromatic nitrogens is 2. The number of halogens is 1. The van der Waals surface area contributed by atoms with Gasteiger partial charge in [0.25, 0.3) is 0 Å². The summed E-state index contributed by atoms with van der Waals surface area (Å²) in [4.78, 5) is 6.69. The number of benzene rings is 2. The first-order valence-electron chi connectivity index (χ1n) is 9.71. The summed E-state index contributed by atoms with van der Waals surface area (Å²) < 4.78 is 16.0. The highest BCUT2D eigenvalue weighted by atomic mass is 32.1. The first kappa shape index (κ1) is 18.5. The number of hydrogen-bond donors (Lipinski definition) is 1. The minimum Gasteiger partial charge on any atom is -0.351 e. The fraction of sp³-hybridized carbons (Fsp3) is 0.0833. The van der Waals surface area contributed by atoms with Gasteiger partial charge in [-0.3, -0.25) is 4.98 Å². The molecule has 3 heterocycles. The van der Waals surface area contributed by atoms with Gasteiger partial charge in [-0.2, -0.15) is 0 Å². The maximum atomic E-state index is 13.9. The molecule has 0 radical (unpaired) electrons. The van der Waals surface area contributed by atoms with E-state index >= 15 is 0 Å². The lowest BCUT2D eigenvalue weighted by Crippen LogP contribution is -2.30. The van der Waals surface area contributed by atoms with Gasteiger partial charge >= 0.3 is 0 Å². The smallest absolute Gasteiger partial charge is 0.174 e. The minimum absolute atomic E-state index is 0.152. The topological polar surface area (TPSA) is 33.1 Å². The zero-order valence-electron chi connectivity index (χ0n) is 16.0. The molecule has 148 valence electrons. The second kappa shape index (κ2) is 7.72. The summed E-state index contributed by atoms with van der Waals surface area (Å²) in [5, 5.41) is 4.09. The second-order valence-electron chi connectivity index (χ2n) is 7.12. The SMILES string of the molecule is Fc1cccc(-n2cccc2[C@@H]2[C@@H](c3ccccn3)NC(=S)N2c2ccccc2)c1. The van der Waals surface area contributed by atoms with Gasteiger partial charge in [-0.05, 0) is 66.8 Å². The summed E-state index contributed by atoms with van der Waals surface area (Å²) in [7, 11) is 0. The van der Waals surface area contributed by atoms with Crippen LogP contribution in [-0.2, 0) is 0 Å². The van der Waals surface area contributed by atoms with E-state index < -0.39 is 0 Å². The highest BCUT2D eigenvalue weighted by Crippen LogP contribution is 2.42. The van der Waals surface area contributed by atoms with Gasteiger partial charge in [-0.15, -0.1) is 0 Å². The van der Waals surface area contributed by atoms with E-state index in [9.17, 15) is 4.39 Å². The molecule has 5 rings (SSSR count). The van der Waals surface area contributed by atoms with Crippen molar-refractivity contribution in [2.24, 2.45) is 0 Å². The number of nitrogens with zero attached hydrogens (tertiary/aromatic N) is 3. The van der Waals surface area contributed by atoms with Gasteiger partial charge in [0, 0.05) is 29.5 Å². The van der Waals surface area contributed by atoms with E-state index in [0.717, 1.165) is 22.8 Å². The molecule has 4 nitrogen and oxygen atoms in total. The van der Waals surface area contributed by atoms with Crippen LogP contribution in [0.1, 0.15) is 23.5 Å². The molecule has 0 bridgehead atoms. The van der Waals surface area contributed by atoms with E-state index in [1.807, 2.05) is 71.4 Å². The Morgan fingerprint density at radius 3 is 2.43 bits per heavy atom. The Morgan fingerprint density at radius 1 is 0.867 bits per heavy atom. The van der Waals surface area contributed by atoms with Crippen LogP contribution < -0.4 is 10.2 Å². The molecule has 2 aromatic carbocycles. The zero-order chi connectivity index (χ0) is 20.5. The summed E-state index contributed by atoms with van der Waals surface area (Å²) in [6.07, 6.45) is 3.73. The molecule has 1 aliphatic rings. The molecule has 0 unspecified atom stereocenters. The molecule has 1 N–H and O–H groups in total. The average molecular weight is 415 g/mol. The summed E-state index contributed by atoms with van der Waals surface area (Å²) in [6, 6.07) is 26.2. The maximum absolute atomic E-state index is 13.9. The molecule has 30 heavy (non-hydrogen) atoms. The number of thiocarbonyl (C=S) groups is 1. The highest BCUT2D eigenvalue weighted by Gasteiger charge is 2.42. The van der Waals surface area contributed by atoms with E-state index in [-0.39, 0.29) is 17.9 Å². The zero-order valence-corrected chi connectivity index (χ0v) is 16.8. The van der Waals surface area contributed by atoms with E-state index in [1.165, 1.54) is 12.1 Å². The monoisotopic (exact) mass is 414 g/mol. The van der Waals surface area contributed by atoms with Crippen molar-refractivity contribution in [2.45, 2.75) is 12.1 Å². The lowest BCUT2D eigenvalue weighted by atomic mass is 10.0. The van der Waals surface area contributed by atoms with Crippen LogP contribution in [0.2, 0.25) is 0 Å². The summed E-state index contributed by atoms with van der Waals surface area (Å²) >= 11 is 5.75. The summed E-state index contributed by atoms with van der Waals surface area (Å²) in [5.74, 6) is -0.270. The molecule has 6 heteroatoms. The molecule has 2 atom stereocenters. The van der Waals surface area contributed by atoms with Crippen molar-refractivity contribution in [3.63, 3.8) is 0 Å². The predicted molar refractivity (Wildman–Crippen MR) is 120 cm³/mol. The summed E-state index contributed by atoms with van der Waals surface area (Å²) in [6.45, 7) is 0. The molecule has 1 fully saturated rings. The van der Waals surface area contributed by atoms with Crippen molar-refractivity contribution in [1.82, 2.24) is 14.9 Å². The lowest BCUT2D eigenvalue weighted by Gasteiger charge is -2.29. The van der Waals surface area contributed by atoms with Gasteiger partial charge < -0.3 is 14.8 Å².